The molecule has 0 saturated carbocycles. The first-order chi connectivity index (χ1) is 8.38. The summed E-state index contributed by atoms with van der Waals surface area (Å²) in [6.07, 6.45) is 0. The minimum absolute atomic E-state index is 0.255. The van der Waals surface area contributed by atoms with Crippen molar-refractivity contribution in [3.05, 3.63) is 33.3 Å². The van der Waals surface area contributed by atoms with Crippen LogP contribution in [0.25, 0.3) is 0 Å². The zero-order valence-corrected chi connectivity index (χ0v) is 13.0. The van der Waals surface area contributed by atoms with E-state index in [4.69, 9.17) is 17.3 Å². The molecular formula is C13H18BrClN2O. The largest absolute Gasteiger partial charge is 0.369 e. The zero-order valence-electron chi connectivity index (χ0n) is 10.6. The topological polar surface area (TPSA) is 46.3 Å². The van der Waals surface area contributed by atoms with E-state index in [0.29, 0.717) is 17.5 Å². The summed E-state index contributed by atoms with van der Waals surface area (Å²) < 4.78 is 0.946. The van der Waals surface area contributed by atoms with Crippen LogP contribution >= 0.6 is 27.5 Å². The van der Waals surface area contributed by atoms with E-state index in [1.54, 1.807) is 0 Å². The number of carbonyl (C=O) groups is 1. The molecule has 18 heavy (non-hydrogen) atoms. The number of nitrogens with zero attached hydrogens (tertiary/aromatic N) is 1. The molecule has 0 radical (unpaired) electrons. The molecule has 0 atom stereocenters. The van der Waals surface area contributed by atoms with Gasteiger partial charge in [0, 0.05) is 22.6 Å². The van der Waals surface area contributed by atoms with Crippen molar-refractivity contribution in [2.45, 2.75) is 20.4 Å². The predicted octanol–water partition coefficient (Wildman–Crippen LogP) is 3.05. The van der Waals surface area contributed by atoms with E-state index in [9.17, 15) is 4.79 Å². The van der Waals surface area contributed by atoms with Crippen molar-refractivity contribution >= 4 is 33.4 Å². The smallest absolute Gasteiger partial charge is 0.231 e. The fourth-order valence-corrected chi connectivity index (χ4v) is 2.55. The normalized spacial score (nSPS) is 11.2. The van der Waals surface area contributed by atoms with Crippen LogP contribution in [0.2, 0.25) is 5.02 Å². The van der Waals surface area contributed by atoms with Crippen molar-refractivity contribution in [3.8, 4) is 0 Å². The molecule has 1 aromatic carbocycles. The van der Waals surface area contributed by atoms with Gasteiger partial charge in [0.2, 0.25) is 5.91 Å². The van der Waals surface area contributed by atoms with Crippen LogP contribution in [0.15, 0.2) is 22.7 Å². The molecule has 0 heterocycles. The molecule has 0 aliphatic heterocycles. The highest BCUT2D eigenvalue weighted by Gasteiger charge is 2.12. The van der Waals surface area contributed by atoms with Crippen molar-refractivity contribution in [2.75, 3.05) is 13.1 Å². The standard InChI is InChI=1S/C13H18BrClN2O/c1-9(2)6-17(8-13(16)18)7-10-3-4-11(14)5-12(10)15/h3-5,9H,6-8H2,1-2H3,(H2,16,18). The number of rotatable bonds is 6. The second kappa shape index (κ2) is 7.12. The van der Waals surface area contributed by atoms with E-state index in [1.165, 1.54) is 0 Å². The van der Waals surface area contributed by atoms with Crippen LogP contribution in [0.1, 0.15) is 19.4 Å². The number of hydrogen-bond donors (Lipinski definition) is 1. The Balaban J connectivity index is 2.78. The minimum Gasteiger partial charge on any atom is -0.369 e. The first kappa shape index (κ1) is 15.5. The second-order valence-electron chi connectivity index (χ2n) is 4.77. The molecule has 0 unspecified atom stereocenters. The lowest BCUT2D eigenvalue weighted by Crippen LogP contribution is -2.35. The first-order valence-corrected chi connectivity index (χ1v) is 7.00. The van der Waals surface area contributed by atoms with Gasteiger partial charge in [0.1, 0.15) is 0 Å². The Kier molecular flexibility index (Phi) is 6.12. The summed E-state index contributed by atoms with van der Waals surface area (Å²) >= 11 is 9.54. The van der Waals surface area contributed by atoms with Crippen LogP contribution in [-0.4, -0.2) is 23.9 Å². The maximum Gasteiger partial charge on any atom is 0.231 e. The molecular weight excluding hydrogens is 316 g/mol. The lowest BCUT2D eigenvalue weighted by molar-refractivity contribution is -0.119. The Bertz CT molecular complexity index is 423. The highest BCUT2D eigenvalue weighted by atomic mass is 79.9. The second-order valence-corrected chi connectivity index (χ2v) is 6.09. The monoisotopic (exact) mass is 332 g/mol. The molecule has 0 saturated heterocycles. The third-order valence-corrected chi connectivity index (χ3v) is 3.26. The summed E-state index contributed by atoms with van der Waals surface area (Å²) in [5.74, 6) is 0.155. The van der Waals surface area contributed by atoms with Gasteiger partial charge in [-0.15, -0.1) is 0 Å². The van der Waals surface area contributed by atoms with E-state index >= 15 is 0 Å². The van der Waals surface area contributed by atoms with Crippen LogP contribution in [0, 0.1) is 5.92 Å². The van der Waals surface area contributed by atoms with Gasteiger partial charge in [0.25, 0.3) is 0 Å². The Morgan fingerprint density at radius 3 is 2.67 bits per heavy atom. The summed E-state index contributed by atoms with van der Waals surface area (Å²) in [6, 6.07) is 5.76. The Morgan fingerprint density at radius 1 is 1.50 bits per heavy atom. The van der Waals surface area contributed by atoms with Crippen LogP contribution in [0.4, 0.5) is 0 Å². The summed E-state index contributed by atoms with van der Waals surface area (Å²) in [7, 11) is 0. The first-order valence-electron chi connectivity index (χ1n) is 5.83. The summed E-state index contributed by atoms with van der Waals surface area (Å²) in [6.45, 7) is 5.92. The van der Waals surface area contributed by atoms with Gasteiger partial charge in [-0.3, -0.25) is 9.69 Å². The Hall–Kier alpha value is -0.580. The van der Waals surface area contributed by atoms with Gasteiger partial charge in [-0.2, -0.15) is 0 Å². The third kappa shape index (κ3) is 5.38. The molecule has 0 spiro atoms. The summed E-state index contributed by atoms with van der Waals surface area (Å²) in [4.78, 5) is 13.1. The van der Waals surface area contributed by atoms with E-state index in [1.807, 2.05) is 23.1 Å². The number of benzene rings is 1. The molecule has 0 fully saturated rings. The maximum atomic E-state index is 11.1. The van der Waals surface area contributed by atoms with Crippen molar-refractivity contribution < 1.29 is 4.79 Å². The van der Waals surface area contributed by atoms with Gasteiger partial charge in [-0.25, -0.2) is 0 Å². The molecule has 1 aromatic rings. The molecule has 5 heteroatoms. The lowest BCUT2D eigenvalue weighted by atomic mass is 10.1. The average molecular weight is 334 g/mol. The third-order valence-electron chi connectivity index (χ3n) is 2.41. The number of primary amides is 1. The van der Waals surface area contributed by atoms with Crippen LogP contribution in [-0.2, 0) is 11.3 Å². The summed E-state index contributed by atoms with van der Waals surface area (Å²) in [5, 5.41) is 0.697. The molecule has 2 N–H and O–H groups in total. The fourth-order valence-electron chi connectivity index (χ4n) is 1.81. The Morgan fingerprint density at radius 2 is 2.17 bits per heavy atom. The van der Waals surface area contributed by atoms with Crippen molar-refractivity contribution in [2.24, 2.45) is 11.7 Å². The molecule has 1 amide bonds. The molecule has 0 aliphatic carbocycles. The van der Waals surface area contributed by atoms with Crippen molar-refractivity contribution in [1.82, 2.24) is 4.90 Å². The highest BCUT2D eigenvalue weighted by molar-refractivity contribution is 9.10. The Labute approximate surface area is 121 Å². The predicted molar refractivity (Wildman–Crippen MR) is 78.5 cm³/mol. The molecule has 0 aliphatic rings. The van der Waals surface area contributed by atoms with Gasteiger partial charge in [0.05, 0.1) is 6.54 Å². The molecule has 0 aromatic heterocycles. The van der Waals surface area contributed by atoms with Gasteiger partial charge < -0.3 is 5.73 Å². The molecule has 3 nitrogen and oxygen atoms in total. The molecule has 0 bridgehead atoms. The van der Waals surface area contributed by atoms with E-state index in [2.05, 4.69) is 29.8 Å². The minimum atomic E-state index is -0.316. The zero-order chi connectivity index (χ0) is 13.7. The van der Waals surface area contributed by atoms with Crippen LogP contribution in [0.5, 0.6) is 0 Å². The quantitative estimate of drug-likeness (QED) is 0.869. The van der Waals surface area contributed by atoms with Crippen LogP contribution < -0.4 is 5.73 Å². The maximum absolute atomic E-state index is 11.1. The van der Waals surface area contributed by atoms with Gasteiger partial charge >= 0.3 is 0 Å². The number of nitrogens with two attached hydrogens (primary N) is 1. The SMILES string of the molecule is CC(C)CN(CC(N)=O)Cc1ccc(Br)cc1Cl. The highest BCUT2D eigenvalue weighted by Crippen LogP contribution is 2.22. The van der Waals surface area contributed by atoms with E-state index in [0.717, 1.165) is 16.6 Å². The average Bonchev–Trinajstić information content (AvgIpc) is 2.20. The van der Waals surface area contributed by atoms with Gasteiger partial charge in [-0.1, -0.05) is 47.4 Å². The van der Waals surface area contributed by atoms with Crippen molar-refractivity contribution in [3.63, 3.8) is 0 Å². The van der Waals surface area contributed by atoms with E-state index < -0.39 is 0 Å². The van der Waals surface area contributed by atoms with Crippen molar-refractivity contribution in [1.29, 1.82) is 0 Å². The lowest BCUT2D eigenvalue weighted by Gasteiger charge is -2.23. The fraction of sp³-hybridized carbons (Fsp3) is 0.462. The van der Waals surface area contributed by atoms with E-state index in [-0.39, 0.29) is 12.5 Å². The number of amides is 1. The number of halogens is 2. The number of hydrogen-bond acceptors (Lipinski definition) is 2. The van der Waals surface area contributed by atoms with Gasteiger partial charge in [0.15, 0.2) is 0 Å². The summed E-state index contributed by atoms with van der Waals surface area (Å²) in [5.41, 5.74) is 6.27. The number of carbonyl (C=O) groups excluding carboxylic acids is 1. The molecule has 1 rings (SSSR count). The van der Waals surface area contributed by atoms with Crippen LogP contribution in [0.3, 0.4) is 0 Å². The molecule has 100 valence electrons. The van der Waals surface area contributed by atoms with Gasteiger partial charge in [-0.05, 0) is 23.6 Å².